The molecule has 128 valence electrons. The summed E-state index contributed by atoms with van der Waals surface area (Å²) in [4.78, 5) is 47.0. The summed E-state index contributed by atoms with van der Waals surface area (Å²) in [5.74, 6) is -2.23. The molecule has 0 radical (unpaired) electrons. The molecule has 2 aliphatic rings. The van der Waals surface area contributed by atoms with Crippen LogP contribution in [0.5, 0.6) is 0 Å². The number of nitro groups is 1. The first kappa shape index (κ1) is 17.0. The lowest BCUT2D eigenvalue weighted by Gasteiger charge is -2.12. The molecule has 1 aromatic carbocycles. The van der Waals surface area contributed by atoms with Crippen molar-refractivity contribution in [1.82, 2.24) is 4.90 Å². The minimum Gasteiger partial charge on any atom is -0.481 e. The molecule has 1 saturated heterocycles. The van der Waals surface area contributed by atoms with E-state index in [-0.39, 0.29) is 39.0 Å². The quantitative estimate of drug-likeness (QED) is 0.349. The van der Waals surface area contributed by atoms with Crippen molar-refractivity contribution in [2.45, 2.75) is 6.42 Å². The summed E-state index contributed by atoms with van der Waals surface area (Å²) >= 11 is 5.96. The van der Waals surface area contributed by atoms with Crippen molar-refractivity contribution in [2.24, 2.45) is 0 Å². The van der Waals surface area contributed by atoms with Gasteiger partial charge in [0.2, 0.25) is 0 Å². The topological polar surface area (TPSA) is 130 Å². The molecule has 1 aromatic rings. The lowest BCUT2D eigenvalue weighted by atomic mass is 10.1. The molecular weight excluding hydrogens is 370 g/mol. The van der Waals surface area contributed by atoms with Gasteiger partial charge in [-0.2, -0.15) is 0 Å². The van der Waals surface area contributed by atoms with Gasteiger partial charge in [-0.3, -0.25) is 29.4 Å². The molecule has 2 N–H and O–H groups in total. The third-order valence-electron chi connectivity index (χ3n) is 3.58. The van der Waals surface area contributed by atoms with Crippen molar-refractivity contribution in [2.75, 3.05) is 11.9 Å². The van der Waals surface area contributed by atoms with E-state index < -0.39 is 22.7 Å². The molecule has 25 heavy (non-hydrogen) atoms. The Morgan fingerprint density at radius 3 is 2.76 bits per heavy atom. The zero-order chi connectivity index (χ0) is 18.3. The van der Waals surface area contributed by atoms with Crippen molar-refractivity contribution in [1.29, 1.82) is 0 Å². The van der Waals surface area contributed by atoms with E-state index in [1.807, 2.05) is 0 Å². The van der Waals surface area contributed by atoms with E-state index in [0.717, 1.165) is 16.7 Å². The number of thioether (sulfide) groups is 1. The molecule has 2 aliphatic heterocycles. The number of carbonyl (C=O) groups is 3. The molecule has 2 heterocycles. The number of carboxylic acids is 1. The molecule has 11 heteroatoms. The average molecular weight is 379 g/mol. The first-order valence-corrected chi connectivity index (χ1v) is 8.12. The number of hydrogen-bond donors (Lipinski definition) is 2. The molecule has 0 spiro atoms. The molecule has 2 amide bonds. The highest BCUT2D eigenvalue weighted by molar-refractivity contribution is 8.26. The zero-order valence-corrected chi connectivity index (χ0v) is 14.0. The van der Waals surface area contributed by atoms with E-state index in [1.54, 1.807) is 0 Å². The predicted octanol–water partition coefficient (Wildman–Crippen LogP) is 1.59. The van der Waals surface area contributed by atoms with Crippen LogP contribution in [-0.4, -0.2) is 43.6 Å². The van der Waals surface area contributed by atoms with Gasteiger partial charge < -0.3 is 10.4 Å². The zero-order valence-electron chi connectivity index (χ0n) is 12.3. The van der Waals surface area contributed by atoms with Gasteiger partial charge in [0, 0.05) is 29.9 Å². The number of aliphatic carboxylic acids is 1. The first-order chi connectivity index (χ1) is 11.8. The van der Waals surface area contributed by atoms with Gasteiger partial charge >= 0.3 is 5.97 Å². The number of anilines is 1. The Morgan fingerprint density at radius 2 is 2.12 bits per heavy atom. The highest BCUT2D eigenvalue weighted by Crippen LogP contribution is 2.43. The van der Waals surface area contributed by atoms with Crippen LogP contribution in [-0.2, 0) is 14.4 Å². The van der Waals surface area contributed by atoms with E-state index in [1.165, 1.54) is 18.2 Å². The van der Waals surface area contributed by atoms with Crippen LogP contribution in [0.15, 0.2) is 23.1 Å². The van der Waals surface area contributed by atoms with Gasteiger partial charge in [0.15, 0.2) is 0 Å². The van der Waals surface area contributed by atoms with Crippen LogP contribution in [0, 0.1) is 10.1 Å². The number of carboxylic acid groups (broad SMARTS) is 1. The van der Waals surface area contributed by atoms with Crippen LogP contribution in [0.4, 0.5) is 11.4 Å². The first-order valence-electron chi connectivity index (χ1n) is 6.89. The van der Waals surface area contributed by atoms with Crippen LogP contribution in [0.3, 0.4) is 0 Å². The Morgan fingerprint density at radius 1 is 1.40 bits per heavy atom. The number of non-ortho nitro benzene ring substituents is 1. The maximum atomic E-state index is 12.5. The van der Waals surface area contributed by atoms with Crippen LogP contribution >= 0.6 is 24.0 Å². The normalized spacial score (nSPS) is 19.2. The maximum absolute atomic E-state index is 12.5. The van der Waals surface area contributed by atoms with E-state index in [2.05, 4.69) is 5.32 Å². The fraction of sp³-hybridized carbons (Fsp3) is 0.143. The number of nitrogens with zero attached hydrogens (tertiary/aromatic N) is 2. The fourth-order valence-corrected chi connectivity index (χ4v) is 3.83. The van der Waals surface area contributed by atoms with Crippen LogP contribution in [0.25, 0.3) is 5.57 Å². The lowest BCUT2D eigenvalue weighted by molar-refractivity contribution is -0.384. The highest BCUT2D eigenvalue weighted by Gasteiger charge is 2.39. The smallest absolute Gasteiger partial charge is 0.305 e. The second kappa shape index (κ2) is 6.26. The van der Waals surface area contributed by atoms with Gasteiger partial charge in [0.1, 0.15) is 4.32 Å². The van der Waals surface area contributed by atoms with Crippen molar-refractivity contribution in [3.63, 3.8) is 0 Å². The number of amides is 2. The molecule has 3 rings (SSSR count). The van der Waals surface area contributed by atoms with Crippen LogP contribution in [0.2, 0.25) is 0 Å². The van der Waals surface area contributed by atoms with Crippen LogP contribution in [0.1, 0.15) is 12.0 Å². The van der Waals surface area contributed by atoms with Crippen molar-refractivity contribution >= 4 is 63.0 Å². The monoisotopic (exact) mass is 379 g/mol. The number of rotatable bonds is 4. The summed E-state index contributed by atoms with van der Waals surface area (Å²) in [6.07, 6.45) is -0.288. The third-order valence-corrected chi connectivity index (χ3v) is 5.03. The number of nitro benzene ring substituents is 1. The standard InChI is InChI=1S/C14H9N3O6S2/c18-9(19)3-4-16-13(21)11(25-14(16)24)10-7-5-6(17(22)23)1-2-8(7)15-12(10)20/h1-2,5H,3-4H2,(H,15,20)(H,18,19)/b11-10-. The Hall–Kier alpha value is -2.79. The summed E-state index contributed by atoms with van der Waals surface area (Å²) in [6.45, 7) is -0.111. The minimum absolute atomic E-state index is 0.00822. The number of hydrogen-bond acceptors (Lipinski definition) is 7. The van der Waals surface area contributed by atoms with E-state index in [4.69, 9.17) is 17.3 Å². The number of benzene rings is 1. The van der Waals surface area contributed by atoms with Gasteiger partial charge in [-0.15, -0.1) is 0 Å². The van der Waals surface area contributed by atoms with Crippen molar-refractivity contribution in [3.8, 4) is 0 Å². The molecule has 1 fully saturated rings. The summed E-state index contributed by atoms with van der Waals surface area (Å²) in [7, 11) is 0. The second-order valence-electron chi connectivity index (χ2n) is 5.11. The maximum Gasteiger partial charge on any atom is 0.305 e. The van der Waals surface area contributed by atoms with Crippen molar-refractivity contribution < 1.29 is 24.4 Å². The van der Waals surface area contributed by atoms with E-state index >= 15 is 0 Å². The molecule has 0 bridgehead atoms. The van der Waals surface area contributed by atoms with Gasteiger partial charge in [0.05, 0.1) is 21.8 Å². The summed E-state index contributed by atoms with van der Waals surface area (Å²) in [5.41, 5.74) is 0.405. The fourth-order valence-electron chi connectivity index (χ4n) is 2.44. The van der Waals surface area contributed by atoms with Gasteiger partial charge in [0.25, 0.3) is 17.5 Å². The molecule has 0 unspecified atom stereocenters. The Labute approximate surface area is 149 Å². The lowest BCUT2D eigenvalue weighted by Crippen LogP contribution is -2.30. The average Bonchev–Trinajstić information content (AvgIpc) is 3.00. The molecule has 0 saturated carbocycles. The van der Waals surface area contributed by atoms with Gasteiger partial charge in [-0.1, -0.05) is 24.0 Å². The number of thiocarbonyl (C=S) groups is 1. The summed E-state index contributed by atoms with van der Waals surface area (Å²) in [6, 6.07) is 3.86. The Balaban J connectivity index is 2.04. The summed E-state index contributed by atoms with van der Waals surface area (Å²) in [5, 5.41) is 22.3. The van der Waals surface area contributed by atoms with Crippen molar-refractivity contribution in [3.05, 3.63) is 38.8 Å². The second-order valence-corrected chi connectivity index (χ2v) is 6.76. The third kappa shape index (κ3) is 2.98. The van der Waals surface area contributed by atoms with Gasteiger partial charge in [-0.25, -0.2) is 0 Å². The molecule has 0 aromatic heterocycles. The number of nitrogens with one attached hydrogen (secondary N) is 1. The minimum atomic E-state index is -1.08. The van der Waals surface area contributed by atoms with Crippen LogP contribution < -0.4 is 5.32 Å². The SMILES string of the molecule is O=C(O)CCN1C(=O)/C(=C2/C(=O)Nc3ccc([N+](=O)[O-])cc32)SC1=S. The molecule has 0 aliphatic carbocycles. The summed E-state index contributed by atoms with van der Waals surface area (Å²) < 4.78 is 0.139. The Kier molecular flexibility index (Phi) is 4.27. The predicted molar refractivity (Wildman–Crippen MR) is 92.8 cm³/mol. The molecule has 0 atom stereocenters. The number of fused-ring (bicyclic) bond motifs is 1. The largest absolute Gasteiger partial charge is 0.481 e. The highest BCUT2D eigenvalue weighted by atomic mass is 32.2. The van der Waals surface area contributed by atoms with E-state index in [9.17, 15) is 24.5 Å². The molecular formula is C14H9N3O6S2. The number of carbonyl (C=O) groups excluding carboxylic acids is 2. The molecule has 9 nitrogen and oxygen atoms in total. The Bertz CT molecular complexity index is 895. The van der Waals surface area contributed by atoms with E-state index in [0.29, 0.717) is 5.69 Å². The van der Waals surface area contributed by atoms with Gasteiger partial charge in [-0.05, 0) is 6.07 Å².